The largest absolute Gasteiger partial charge is 0.743 e. The second-order valence-electron chi connectivity index (χ2n) is 11.0. The van der Waals surface area contributed by atoms with E-state index in [4.69, 9.17) is 0 Å². The van der Waals surface area contributed by atoms with Crippen LogP contribution in [-0.2, 0) is 10.1 Å². The molecular formula is C23F35NO4S. The van der Waals surface area contributed by atoms with Crippen molar-refractivity contribution in [2.75, 3.05) is 0 Å². The minimum absolute atomic E-state index is 1.93. The second kappa shape index (κ2) is 15.9. The van der Waals surface area contributed by atoms with E-state index >= 15 is 0 Å². The second-order valence-corrected chi connectivity index (χ2v) is 12.4. The average molecular weight is 1050 g/mol. The Bertz CT molecular complexity index is 2170. The highest BCUT2D eigenvalue weighted by Gasteiger charge is 3.00. The molecule has 0 N–H and O–H groups in total. The zero-order valence-electron chi connectivity index (χ0n) is 27.2. The van der Waals surface area contributed by atoms with Gasteiger partial charge in [0.2, 0.25) is 17.5 Å². The van der Waals surface area contributed by atoms with E-state index in [1.807, 2.05) is 4.84 Å². The monoisotopic (exact) mass is 1050 g/mol. The predicted molar refractivity (Wildman–Crippen MR) is 120 cm³/mol. The molecule has 0 spiro atoms. The first-order valence-corrected chi connectivity index (χ1v) is 14.8. The van der Waals surface area contributed by atoms with Crippen molar-refractivity contribution in [3.8, 4) is 11.1 Å². The van der Waals surface area contributed by atoms with E-state index in [0.29, 0.717) is 0 Å². The van der Waals surface area contributed by atoms with Gasteiger partial charge in [-0.2, -0.15) is 123 Å². The van der Waals surface area contributed by atoms with Crippen LogP contribution in [0.3, 0.4) is 0 Å². The summed E-state index contributed by atoms with van der Waals surface area (Å²) in [5.74, 6) is -84.1. The van der Waals surface area contributed by atoms with Gasteiger partial charge in [0.05, 0.1) is 15.9 Å². The molecule has 0 amide bonds. The summed E-state index contributed by atoms with van der Waals surface area (Å²) in [7, 11) is -7.42. The normalized spacial score (nSPS) is 15.8. The Hall–Kier alpha value is -4.37. The third kappa shape index (κ3) is 8.04. The van der Waals surface area contributed by atoms with Gasteiger partial charge in [0.25, 0.3) is 0 Å². The van der Waals surface area contributed by atoms with Crippen molar-refractivity contribution >= 4 is 10.1 Å². The molecule has 1 heterocycles. The molecule has 41 heteroatoms. The number of hydrogen-bond donors (Lipinski definition) is 0. The Morgan fingerprint density at radius 3 is 0.906 bits per heavy atom. The molecule has 2 aromatic rings. The molecule has 1 unspecified atom stereocenters. The van der Waals surface area contributed by atoms with E-state index < -0.39 is 150 Å². The highest BCUT2D eigenvalue weighted by atomic mass is 32.2. The van der Waals surface area contributed by atoms with Crippen LogP contribution in [0.1, 0.15) is 0 Å². The van der Waals surface area contributed by atoms with Gasteiger partial charge >= 0.3 is 83.0 Å². The van der Waals surface area contributed by atoms with Crippen LogP contribution in [0.4, 0.5) is 154 Å². The first-order valence-electron chi connectivity index (χ1n) is 13.4. The van der Waals surface area contributed by atoms with Crippen LogP contribution in [0.5, 0.6) is 0 Å². The number of benzene rings is 1. The molecule has 1 atom stereocenters. The summed E-state index contributed by atoms with van der Waals surface area (Å²) in [5.41, 5.74) is -15.9. The lowest BCUT2D eigenvalue weighted by Crippen LogP contribution is -2.81. The fourth-order valence-corrected chi connectivity index (χ4v) is 4.18. The summed E-state index contributed by atoms with van der Waals surface area (Å²) in [6, 6.07) is 0. The third-order valence-corrected chi connectivity index (χ3v) is 7.90. The summed E-state index contributed by atoms with van der Waals surface area (Å²) in [6.45, 7) is 0. The Balaban J connectivity index is 0.00000101. The van der Waals surface area contributed by atoms with Gasteiger partial charge in [-0.25, -0.2) is 34.8 Å². The van der Waals surface area contributed by atoms with Crippen LogP contribution < -0.4 is 9.57 Å². The highest BCUT2D eigenvalue weighted by Crippen LogP contribution is 2.65. The molecule has 0 aliphatic heterocycles. The van der Waals surface area contributed by atoms with Gasteiger partial charge in [0.1, 0.15) is 0 Å². The molecule has 2 rings (SSSR count). The molecule has 0 saturated carbocycles. The first-order chi connectivity index (χ1) is 27.5. The maximum Gasteiger partial charge on any atom is 0.506 e. The standard InChI is InChI=1S/C19F26NO.C4HF9O3S/c20-3-1(4(21)8(25)9(26)7(3)24)2-5(22)10(27)46(11(28)6(2)23)47-19(44,45)12(29,14(32,33)17(38,39)40)13(30,31)15(34,35)16(36,37)18(41,42)43;5-1(6,3(9,10)11)2(7,8)4(12,13)17(14,15)16/h;(H,14,15,16)/q+1;/p-1. The van der Waals surface area contributed by atoms with Gasteiger partial charge in [0.15, 0.2) is 33.4 Å². The Morgan fingerprint density at radius 1 is 0.359 bits per heavy atom. The van der Waals surface area contributed by atoms with E-state index in [-0.39, 0.29) is 0 Å². The summed E-state index contributed by atoms with van der Waals surface area (Å²) >= 11 is 0. The van der Waals surface area contributed by atoms with Crippen LogP contribution in [-0.4, -0.2) is 84.1 Å². The van der Waals surface area contributed by atoms with Crippen LogP contribution in [0.25, 0.3) is 11.1 Å². The van der Waals surface area contributed by atoms with E-state index in [1.54, 1.807) is 0 Å². The van der Waals surface area contributed by atoms with Crippen molar-refractivity contribution in [2.24, 2.45) is 0 Å². The fourth-order valence-electron chi connectivity index (χ4n) is 3.74. The zero-order valence-corrected chi connectivity index (χ0v) is 28.0. The third-order valence-electron chi connectivity index (χ3n) is 7.02. The van der Waals surface area contributed by atoms with Crippen LogP contribution in [0.2, 0.25) is 0 Å². The molecule has 372 valence electrons. The van der Waals surface area contributed by atoms with E-state index in [9.17, 15) is 167 Å². The minimum Gasteiger partial charge on any atom is -0.743 e. The summed E-state index contributed by atoms with van der Waals surface area (Å²) in [5, 5.41) is -7.11. The van der Waals surface area contributed by atoms with E-state index in [2.05, 4.69) is 0 Å². The quantitative estimate of drug-likeness (QED) is 0.0562. The molecule has 0 saturated heterocycles. The average Bonchev–Trinajstić information content (AvgIpc) is 3.09. The van der Waals surface area contributed by atoms with Gasteiger partial charge in [-0.1, -0.05) is 0 Å². The molecule has 0 aliphatic rings. The van der Waals surface area contributed by atoms with Crippen molar-refractivity contribution in [2.45, 2.75) is 71.1 Å². The SMILES string of the molecule is Fc1c(F)c(F)c(-c2c(F)c(F)[n+](OC(F)(F)C(F)(C(F)(F)C(F)(F)F)C(F)(F)C(F)(F)C(F)(F)C(F)(F)F)c(F)c2F)c(F)c1F.O=S(=O)([O-])C(F)(F)C(F)(F)C(F)(F)C(F)(F)F. The molecular weight excluding hydrogens is 1050 g/mol. The van der Waals surface area contributed by atoms with Gasteiger partial charge in [-0.15, -0.1) is 8.78 Å². The predicted octanol–water partition coefficient (Wildman–Crippen LogP) is 10.2. The van der Waals surface area contributed by atoms with Crippen molar-refractivity contribution in [1.29, 1.82) is 0 Å². The van der Waals surface area contributed by atoms with Crippen molar-refractivity contribution in [1.82, 2.24) is 0 Å². The number of halogens is 35. The highest BCUT2D eigenvalue weighted by molar-refractivity contribution is 7.86. The van der Waals surface area contributed by atoms with E-state index in [1.165, 1.54) is 0 Å². The number of nitrogens with zero attached hydrogens (tertiary/aromatic N) is 1. The van der Waals surface area contributed by atoms with Crippen molar-refractivity contribution < 1.29 is 176 Å². The number of hydrogen-bond acceptors (Lipinski definition) is 4. The number of pyridine rings is 1. The Morgan fingerprint density at radius 2 is 0.625 bits per heavy atom. The molecule has 1 aromatic carbocycles. The van der Waals surface area contributed by atoms with Gasteiger partial charge in [0, 0.05) is 0 Å². The molecule has 64 heavy (non-hydrogen) atoms. The molecule has 0 fully saturated rings. The molecule has 1 aromatic heterocycles. The summed E-state index contributed by atoms with van der Waals surface area (Å²) < 4.78 is 486. The van der Waals surface area contributed by atoms with Crippen molar-refractivity contribution in [3.63, 3.8) is 0 Å². The topological polar surface area (TPSA) is 70.3 Å². The lowest BCUT2D eigenvalue weighted by Gasteiger charge is -2.44. The molecule has 5 nitrogen and oxygen atoms in total. The fraction of sp³-hybridized carbons (Fsp3) is 0.522. The van der Waals surface area contributed by atoms with Crippen LogP contribution in [0, 0.1) is 52.6 Å². The molecule has 0 bridgehead atoms. The lowest BCUT2D eigenvalue weighted by molar-refractivity contribution is -0.961. The maximum absolute atomic E-state index is 14.8. The van der Waals surface area contributed by atoms with E-state index in [0.717, 1.165) is 0 Å². The summed E-state index contributed by atoms with van der Waals surface area (Å²) in [6.07, 6.45) is -32.7. The van der Waals surface area contributed by atoms with Crippen LogP contribution >= 0.6 is 0 Å². The van der Waals surface area contributed by atoms with Crippen molar-refractivity contribution in [3.05, 3.63) is 52.6 Å². The molecule has 0 aliphatic carbocycles. The number of rotatable bonds is 11. The zero-order chi connectivity index (χ0) is 52.1. The van der Waals surface area contributed by atoms with Gasteiger partial charge < -0.3 is 4.55 Å². The Kier molecular flexibility index (Phi) is 14.3. The Labute approximate surface area is 322 Å². The minimum atomic E-state index is -9.50. The number of alkyl halides is 26. The smallest absolute Gasteiger partial charge is 0.506 e. The van der Waals surface area contributed by atoms with Gasteiger partial charge in [-0.3, -0.25) is 0 Å². The summed E-state index contributed by atoms with van der Waals surface area (Å²) in [4.78, 5) is 1.93. The maximum atomic E-state index is 14.8. The van der Waals surface area contributed by atoms with Gasteiger partial charge in [-0.05, 0) is 0 Å². The number of aromatic nitrogens is 1. The molecule has 0 radical (unpaired) electrons. The first kappa shape index (κ1) is 57.6. The lowest BCUT2D eigenvalue weighted by atomic mass is 9.82. The van der Waals surface area contributed by atoms with Crippen LogP contribution in [0.15, 0.2) is 0 Å².